The second-order valence-corrected chi connectivity index (χ2v) is 4.98. The highest BCUT2D eigenvalue weighted by molar-refractivity contribution is 5.79. The van der Waals surface area contributed by atoms with Gasteiger partial charge < -0.3 is 10.6 Å². The third-order valence-electron chi connectivity index (χ3n) is 3.42. The lowest BCUT2D eigenvalue weighted by molar-refractivity contribution is 0.925. The van der Waals surface area contributed by atoms with Gasteiger partial charge in [0.1, 0.15) is 0 Å². The average molecular weight is 263 g/mol. The first-order valence-electron chi connectivity index (χ1n) is 6.63. The molecule has 1 aromatic heterocycles. The summed E-state index contributed by atoms with van der Waals surface area (Å²) >= 11 is 0. The van der Waals surface area contributed by atoms with Crippen LogP contribution in [-0.2, 0) is 6.54 Å². The smallest absolute Gasteiger partial charge is 0.0702 e. The fraction of sp³-hybridized carbons (Fsp3) is 0.118. The van der Waals surface area contributed by atoms with Crippen molar-refractivity contribution >= 4 is 22.3 Å². The molecule has 0 atom stereocenters. The molecule has 0 saturated heterocycles. The normalized spacial score (nSPS) is 10.7. The van der Waals surface area contributed by atoms with E-state index in [1.165, 1.54) is 10.9 Å². The molecule has 0 aliphatic rings. The zero-order chi connectivity index (χ0) is 13.9. The van der Waals surface area contributed by atoms with Gasteiger partial charge in [0.25, 0.3) is 0 Å². The summed E-state index contributed by atoms with van der Waals surface area (Å²) in [6.45, 7) is 0.856. The van der Waals surface area contributed by atoms with Gasteiger partial charge in [0.2, 0.25) is 0 Å². The molecule has 0 saturated carbocycles. The molecule has 20 heavy (non-hydrogen) atoms. The van der Waals surface area contributed by atoms with Gasteiger partial charge in [-0.2, -0.15) is 0 Å². The van der Waals surface area contributed by atoms with E-state index in [4.69, 9.17) is 5.73 Å². The van der Waals surface area contributed by atoms with Gasteiger partial charge in [-0.05, 0) is 48.0 Å². The molecule has 2 aromatic carbocycles. The molecule has 0 spiro atoms. The summed E-state index contributed by atoms with van der Waals surface area (Å²) in [6, 6.07) is 18.4. The molecule has 0 fully saturated rings. The van der Waals surface area contributed by atoms with Crippen molar-refractivity contribution in [2.75, 3.05) is 17.7 Å². The van der Waals surface area contributed by atoms with Crippen molar-refractivity contribution in [1.82, 2.24) is 4.98 Å². The highest BCUT2D eigenvalue weighted by Gasteiger charge is 2.03. The van der Waals surface area contributed by atoms with Gasteiger partial charge >= 0.3 is 0 Å². The van der Waals surface area contributed by atoms with Crippen LogP contribution in [0.25, 0.3) is 10.9 Å². The highest BCUT2D eigenvalue weighted by atomic mass is 15.1. The van der Waals surface area contributed by atoms with Gasteiger partial charge in [-0.3, -0.25) is 4.98 Å². The molecule has 3 heteroatoms. The Labute approximate surface area is 118 Å². The summed E-state index contributed by atoms with van der Waals surface area (Å²) in [6.07, 6.45) is 1.82. The Morgan fingerprint density at radius 3 is 2.65 bits per heavy atom. The molecular weight excluding hydrogens is 246 g/mol. The van der Waals surface area contributed by atoms with Crippen LogP contribution in [0.2, 0.25) is 0 Å². The fourth-order valence-corrected chi connectivity index (χ4v) is 2.32. The first-order valence-corrected chi connectivity index (χ1v) is 6.63. The lowest BCUT2D eigenvalue weighted by Crippen LogP contribution is -2.16. The number of nitrogens with zero attached hydrogens (tertiary/aromatic N) is 2. The standard InChI is InChI=1S/C17H17N3/c1-20(16-7-5-15(18)6-8-16)12-13-4-9-17-14(11-13)3-2-10-19-17/h2-11H,12,18H2,1H3. The number of fused-ring (bicyclic) bond motifs is 1. The summed E-state index contributed by atoms with van der Waals surface area (Å²) in [7, 11) is 2.08. The van der Waals surface area contributed by atoms with Gasteiger partial charge in [-0.25, -0.2) is 0 Å². The molecule has 3 aromatic rings. The second kappa shape index (κ2) is 5.21. The topological polar surface area (TPSA) is 42.2 Å². The zero-order valence-electron chi connectivity index (χ0n) is 11.5. The summed E-state index contributed by atoms with van der Waals surface area (Å²) in [4.78, 5) is 6.55. The van der Waals surface area contributed by atoms with Crippen molar-refractivity contribution in [3.05, 3.63) is 66.4 Å². The number of pyridine rings is 1. The van der Waals surface area contributed by atoms with E-state index in [2.05, 4.69) is 41.2 Å². The van der Waals surface area contributed by atoms with E-state index in [0.717, 1.165) is 23.4 Å². The largest absolute Gasteiger partial charge is 0.399 e. The van der Waals surface area contributed by atoms with E-state index in [9.17, 15) is 0 Å². The maximum absolute atomic E-state index is 5.72. The van der Waals surface area contributed by atoms with Crippen LogP contribution < -0.4 is 10.6 Å². The number of anilines is 2. The molecule has 3 nitrogen and oxygen atoms in total. The highest BCUT2D eigenvalue weighted by Crippen LogP contribution is 2.19. The number of benzene rings is 2. The predicted molar refractivity (Wildman–Crippen MR) is 84.7 cm³/mol. The number of rotatable bonds is 3. The van der Waals surface area contributed by atoms with Crippen molar-refractivity contribution < 1.29 is 0 Å². The lowest BCUT2D eigenvalue weighted by Gasteiger charge is -2.19. The van der Waals surface area contributed by atoms with E-state index in [1.807, 2.05) is 36.5 Å². The van der Waals surface area contributed by atoms with Gasteiger partial charge in [-0.1, -0.05) is 12.1 Å². The van der Waals surface area contributed by atoms with Crippen molar-refractivity contribution in [3.63, 3.8) is 0 Å². The number of nitrogens with two attached hydrogens (primary N) is 1. The summed E-state index contributed by atoms with van der Waals surface area (Å²) < 4.78 is 0. The van der Waals surface area contributed by atoms with Crippen LogP contribution in [0.3, 0.4) is 0 Å². The molecule has 0 unspecified atom stereocenters. The molecule has 0 aliphatic heterocycles. The van der Waals surface area contributed by atoms with Crippen LogP contribution in [0.5, 0.6) is 0 Å². The van der Waals surface area contributed by atoms with Crippen LogP contribution >= 0.6 is 0 Å². The lowest BCUT2D eigenvalue weighted by atomic mass is 10.1. The fourth-order valence-electron chi connectivity index (χ4n) is 2.32. The molecule has 0 aliphatic carbocycles. The van der Waals surface area contributed by atoms with Crippen LogP contribution in [-0.4, -0.2) is 12.0 Å². The monoisotopic (exact) mass is 263 g/mol. The van der Waals surface area contributed by atoms with E-state index >= 15 is 0 Å². The Balaban J connectivity index is 1.83. The Morgan fingerprint density at radius 1 is 1.05 bits per heavy atom. The van der Waals surface area contributed by atoms with Crippen molar-refractivity contribution in [2.45, 2.75) is 6.54 Å². The minimum absolute atomic E-state index is 0.791. The van der Waals surface area contributed by atoms with Crippen molar-refractivity contribution in [1.29, 1.82) is 0 Å². The van der Waals surface area contributed by atoms with Crippen molar-refractivity contribution in [3.8, 4) is 0 Å². The van der Waals surface area contributed by atoms with Gasteiger partial charge in [0.05, 0.1) is 5.52 Å². The van der Waals surface area contributed by atoms with Crippen molar-refractivity contribution in [2.24, 2.45) is 0 Å². The van der Waals surface area contributed by atoms with Crippen LogP contribution in [0.1, 0.15) is 5.56 Å². The van der Waals surface area contributed by atoms with Crippen LogP contribution in [0, 0.1) is 0 Å². The minimum atomic E-state index is 0.791. The van der Waals surface area contributed by atoms with Crippen LogP contribution in [0.15, 0.2) is 60.8 Å². The number of nitrogen functional groups attached to an aromatic ring is 1. The average Bonchev–Trinajstić information content (AvgIpc) is 2.48. The summed E-state index contributed by atoms with van der Waals surface area (Å²) in [5.74, 6) is 0. The zero-order valence-corrected chi connectivity index (χ0v) is 11.5. The third kappa shape index (κ3) is 2.57. The Hall–Kier alpha value is -2.55. The Bertz CT molecular complexity index is 720. The maximum atomic E-state index is 5.72. The number of hydrogen-bond acceptors (Lipinski definition) is 3. The molecule has 0 bridgehead atoms. The summed E-state index contributed by atoms with van der Waals surface area (Å²) in [5, 5.41) is 1.18. The molecule has 2 N–H and O–H groups in total. The first kappa shape index (κ1) is 12.5. The minimum Gasteiger partial charge on any atom is -0.399 e. The predicted octanol–water partition coefficient (Wildman–Crippen LogP) is 3.45. The van der Waals surface area contributed by atoms with Gasteiger partial charge in [0, 0.05) is 36.6 Å². The SMILES string of the molecule is CN(Cc1ccc2ncccc2c1)c1ccc(N)cc1. The quantitative estimate of drug-likeness (QED) is 0.736. The van der Waals surface area contributed by atoms with Crippen LogP contribution in [0.4, 0.5) is 11.4 Å². The van der Waals surface area contributed by atoms with E-state index in [0.29, 0.717) is 0 Å². The molecule has 3 rings (SSSR count). The molecule has 0 radical (unpaired) electrons. The molecular formula is C17H17N3. The summed E-state index contributed by atoms with van der Waals surface area (Å²) in [5.41, 5.74) is 9.97. The third-order valence-corrected chi connectivity index (χ3v) is 3.42. The molecule has 100 valence electrons. The van der Waals surface area contributed by atoms with Gasteiger partial charge in [-0.15, -0.1) is 0 Å². The van der Waals surface area contributed by atoms with Gasteiger partial charge in [0.15, 0.2) is 0 Å². The number of aromatic nitrogens is 1. The second-order valence-electron chi connectivity index (χ2n) is 4.98. The number of hydrogen-bond donors (Lipinski definition) is 1. The molecule has 0 amide bonds. The van der Waals surface area contributed by atoms with E-state index < -0.39 is 0 Å². The molecule has 1 heterocycles. The van der Waals surface area contributed by atoms with E-state index in [1.54, 1.807) is 0 Å². The first-order chi connectivity index (χ1) is 9.72. The van der Waals surface area contributed by atoms with E-state index in [-0.39, 0.29) is 0 Å². The Morgan fingerprint density at radius 2 is 1.85 bits per heavy atom. The maximum Gasteiger partial charge on any atom is 0.0702 e. The Kier molecular flexibility index (Phi) is 3.25.